The van der Waals surface area contributed by atoms with Crippen LogP contribution < -0.4 is 10.1 Å². The number of methoxy groups -OCH3 is 1. The fourth-order valence-corrected chi connectivity index (χ4v) is 3.26. The molecule has 0 aliphatic heterocycles. The number of fused-ring (bicyclic) bond motifs is 1. The van der Waals surface area contributed by atoms with E-state index in [1.54, 1.807) is 18.4 Å². The average Bonchev–Trinajstić information content (AvgIpc) is 3.15. The van der Waals surface area contributed by atoms with Crippen molar-refractivity contribution in [1.29, 1.82) is 0 Å². The van der Waals surface area contributed by atoms with Gasteiger partial charge in [-0.15, -0.1) is 0 Å². The summed E-state index contributed by atoms with van der Waals surface area (Å²) in [6, 6.07) is 10.6. The van der Waals surface area contributed by atoms with Gasteiger partial charge in [0.2, 0.25) is 0 Å². The van der Waals surface area contributed by atoms with Gasteiger partial charge in [0.1, 0.15) is 5.76 Å². The van der Waals surface area contributed by atoms with Crippen LogP contribution in [0.4, 0.5) is 0 Å². The molecular weight excluding hydrogens is 282 g/mol. The van der Waals surface area contributed by atoms with Gasteiger partial charge in [-0.25, -0.2) is 0 Å². The molecule has 0 saturated carbocycles. The minimum Gasteiger partial charge on any atom is -0.493 e. The molecule has 2 aromatic heterocycles. The van der Waals surface area contributed by atoms with Gasteiger partial charge < -0.3 is 14.5 Å². The molecule has 2 atom stereocenters. The summed E-state index contributed by atoms with van der Waals surface area (Å²) in [6.07, 6.45) is 0. The summed E-state index contributed by atoms with van der Waals surface area (Å²) in [5.74, 6) is 1.70. The molecule has 3 rings (SSSR count). The molecule has 0 aliphatic carbocycles. The molecule has 0 aliphatic rings. The van der Waals surface area contributed by atoms with Crippen LogP contribution in [0, 0.1) is 0 Å². The van der Waals surface area contributed by atoms with E-state index in [0.29, 0.717) is 6.04 Å². The van der Waals surface area contributed by atoms with Gasteiger partial charge in [-0.2, -0.15) is 11.3 Å². The Kier molecular flexibility index (Phi) is 3.99. The maximum atomic E-state index is 5.99. The van der Waals surface area contributed by atoms with E-state index in [-0.39, 0.29) is 6.04 Å². The van der Waals surface area contributed by atoms with Crippen molar-refractivity contribution in [3.63, 3.8) is 0 Å². The van der Waals surface area contributed by atoms with E-state index < -0.39 is 0 Å². The van der Waals surface area contributed by atoms with Gasteiger partial charge in [0, 0.05) is 11.4 Å². The van der Waals surface area contributed by atoms with Gasteiger partial charge in [-0.1, -0.05) is 12.1 Å². The second kappa shape index (κ2) is 5.92. The largest absolute Gasteiger partial charge is 0.493 e. The number of hydrogen-bond donors (Lipinski definition) is 1. The predicted octanol–water partition coefficient (Wildman–Crippen LogP) is 4.91. The summed E-state index contributed by atoms with van der Waals surface area (Å²) >= 11 is 1.72. The lowest BCUT2D eigenvalue weighted by atomic mass is 10.1. The molecule has 0 spiro atoms. The summed E-state index contributed by atoms with van der Waals surface area (Å²) in [4.78, 5) is 0. The number of nitrogens with one attached hydrogen (secondary N) is 1. The van der Waals surface area contributed by atoms with Crippen molar-refractivity contribution in [3.05, 3.63) is 52.4 Å². The maximum Gasteiger partial charge on any atom is 0.176 e. The second-order valence-corrected chi connectivity index (χ2v) is 5.97. The highest BCUT2D eigenvalue weighted by Crippen LogP contribution is 2.31. The topological polar surface area (TPSA) is 34.4 Å². The molecule has 21 heavy (non-hydrogen) atoms. The molecule has 1 aromatic carbocycles. The first-order valence-electron chi connectivity index (χ1n) is 7.03. The Morgan fingerprint density at radius 1 is 1.19 bits per heavy atom. The molecule has 0 saturated heterocycles. The lowest BCUT2D eigenvalue weighted by Crippen LogP contribution is -2.21. The van der Waals surface area contributed by atoms with E-state index in [9.17, 15) is 0 Å². The Labute approximate surface area is 128 Å². The third-order valence-electron chi connectivity index (χ3n) is 3.72. The number of thiophene rings is 1. The van der Waals surface area contributed by atoms with E-state index in [4.69, 9.17) is 9.15 Å². The van der Waals surface area contributed by atoms with E-state index in [1.165, 1.54) is 5.56 Å². The van der Waals surface area contributed by atoms with Crippen molar-refractivity contribution < 1.29 is 9.15 Å². The highest BCUT2D eigenvalue weighted by atomic mass is 32.1. The van der Waals surface area contributed by atoms with Gasteiger partial charge in [0.05, 0.1) is 13.2 Å². The van der Waals surface area contributed by atoms with E-state index >= 15 is 0 Å². The number of furan rings is 1. The van der Waals surface area contributed by atoms with Gasteiger partial charge in [-0.05, 0) is 48.4 Å². The van der Waals surface area contributed by atoms with Crippen LogP contribution in [0.1, 0.15) is 37.3 Å². The number of benzene rings is 1. The van der Waals surface area contributed by atoms with Gasteiger partial charge in [-0.3, -0.25) is 0 Å². The Morgan fingerprint density at radius 2 is 2.05 bits per heavy atom. The minimum atomic E-state index is 0.136. The SMILES string of the molecule is COc1cccc2cc(C(C)NC(C)c3ccsc3)oc12. The zero-order chi connectivity index (χ0) is 14.8. The fraction of sp³-hybridized carbons (Fsp3) is 0.294. The molecule has 3 nitrogen and oxygen atoms in total. The van der Waals surface area contributed by atoms with Crippen LogP contribution in [0.3, 0.4) is 0 Å². The first kappa shape index (κ1) is 14.2. The molecule has 3 aromatic rings. The van der Waals surface area contributed by atoms with Crippen LogP contribution in [-0.4, -0.2) is 7.11 Å². The number of para-hydroxylation sites is 1. The molecule has 1 N–H and O–H groups in total. The van der Waals surface area contributed by atoms with Crippen LogP contribution in [0.2, 0.25) is 0 Å². The number of rotatable bonds is 5. The maximum absolute atomic E-state index is 5.99. The summed E-state index contributed by atoms with van der Waals surface area (Å²) in [7, 11) is 1.66. The van der Waals surface area contributed by atoms with Crippen molar-refractivity contribution in [2.75, 3.05) is 7.11 Å². The Hall–Kier alpha value is -1.78. The number of ether oxygens (including phenoxy) is 1. The van der Waals surface area contributed by atoms with Crippen molar-refractivity contribution in [1.82, 2.24) is 5.32 Å². The van der Waals surface area contributed by atoms with Gasteiger partial charge in [0.25, 0.3) is 0 Å². The average molecular weight is 301 g/mol. The molecule has 0 amide bonds. The smallest absolute Gasteiger partial charge is 0.176 e. The van der Waals surface area contributed by atoms with Crippen LogP contribution in [0.5, 0.6) is 5.75 Å². The van der Waals surface area contributed by atoms with Crippen molar-refractivity contribution in [2.24, 2.45) is 0 Å². The van der Waals surface area contributed by atoms with E-state index in [0.717, 1.165) is 22.5 Å². The Bertz CT molecular complexity index is 718. The summed E-state index contributed by atoms with van der Waals surface area (Å²) in [6.45, 7) is 4.29. The predicted molar refractivity (Wildman–Crippen MR) is 87.1 cm³/mol. The molecule has 2 heterocycles. The van der Waals surface area contributed by atoms with E-state index in [2.05, 4.69) is 42.1 Å². The summed E-state index contributed by atoms with van der Waals surface area (Å²) < 4.78 is 11.3. The highest BCUT2D eigenvalue weighted by Gasteiger charge is 2.16. The van der Waals surface area contributed by atoms with Crippen LogP contribution in [0.25, 0.3) is 11.0 Å². The standard InChI is InChI=1S/C17H19NO2S/c1-11(14-7-8-21-10-14)18-12(2)16-9-13-5-4-6-15(19-3)17(13)20-16/h4-12,18H,1-3H3. The first-order chi connectivity index (χ1) is 10.2. The zero-order valence-electron chi connectivity index (χ0n) is 12.4. The highest BCUT2D eigenvalue weighted by molar-refractivity contribution is 7.07. The molecule has 0 radical (unpaired) electrons. The normalized spacial score (nSPS) is 14.2. The van der Waals surface area contributed by atoms with E-state index in [1.807, 2.05) is 18.2 Å². The number of hydrogen-bond acceptors (Lipinski definition) is 4. The zero-order valence-corrected chi connectivity index (χ0v) is 13.2. The van der Waals surface area contributed by atoms with Crippen LogP contribution in [0.15, 0.2) is 45.5 Å². The van der Waals surface area contributed by atoms with Crippen LogP contribution in [-0.2, 0) is 0 Å². The first-order valence-corrected chi connectivity index (χ1v) is 7.98. The Morgan fingerprint density at radius 3 is 2.76 bits per heavy atom. The summed E-state index contributed by atoms with van der Waals surface area (Å²) in [5, 5.41) is 8.91. The molecule has 0 fully saturated rings. The van der Waals surface area contributed by atoms with Crippen molar-refractivity contribution in [3.8, 4) is 5.75 Å². The van der Waals surface area contributed by atoms with Gasteiger partial charge >= 0.3 is 0 Å². The molecule has 0 bridgehead atoms. The van der Waals surface area contributed by atoms with Gasteiger partial charge in [0.15, 0.2) is 11.3 Å². The second-order valence-electron chi connectivity index (χ2n) is 5.19. The third kappa shape index (κ3) is 2.82. The monoisotopic (exact) mass is 301 g/mol. The lowest BCUT2D eigenvalue weighted by molar-refractivity contribution is 0.392. The fourth-order valence-electron chi connectivity index (χ4n) is 2.51. The minimum absolute atomic E-state index is 0.136. The molecule has 2 unspecified atom stereocenters. The third-order valence-corrected chi connectivity index (χ3v) is 4.42. The molecule has 4 heteroatoms. The van der Waals surface area contributed by atoms with Crippen molar-refractivity contribution in [2.45, 2.75) is 25.9 Å². The molecular formula is C17H19NO2S. The van der Waals surface area contributed by atoms with Crippen LogP contribution >= 0.6 is 11.3 Å². The summed E-state index contributed by atoms with van der Waals surface area (Å²) in [5.41, 5.74) is 2.12. The Balaban J connectivity index is 1.83. The lowest BCUT2D eigenvalue weighted by Gasteiger charge is -2.17. The molecule has 110 valence electrons. The quantitative estimate of drug-likeness (QED) is 0.726. The van der Waals surface area contributed by atoms with Crippen molar-refractivity contribution >= 4 is 22.3 Å².